The minimum Gasteiger partial charge on any atom is -0.482 e. The highest BCUT2D eigenvalue weighted by Gasteiger charge is 2.30. The third-order valence-corrected chi connectivity index (χ3v) is 8.64. The Morgan fingerprint density at radius 3 is 2.47 bits per heavy atom. The summed E-state index contributed by atoms with van der Waals surface area (Å²) in [5, 5.41) is 11.6. The fraction of sp³-hybridized carbons (Fsp3) is 0.231. The molecule has 4 nitrogen and oxygen atoms in total. The lowest BCUT2D eigenvalue weighted by Crippen LogP contribution is -2.09. The van der Waals surface area contributed by atoms with Crippen molar-refractivity contribution in [3.63, 3.8) is 0 Å². The standard InChI is InChI=1S/C26H22F3NO3S3/c1-15-9-20(34-13-15)11-21-23(14-35-19-7-8-22(16(2)10-19)33-12-24(31)32)36-25(30-21)17-3-5-18(6-4-17)26(27,28)29/h3-10,13H,11-12,14H2,1-2H3,(H,31,32). The number of thioether (sulfide) groups is 1. The molecule has 36 heavy (non-hydrogen) atoms. The molecular weight excluding hydrogens is 527 g/mol. The van der Waals surface area contributed by atoms with Crippen LogP contribution < -0.4 is 4.74 Å². The molecule has 0 aliphatic rings. The summed E-state index contributed by atoms with van der Waals surface area (Å²) < 4.78 is 44.2. The Morgan fingerprint density at radius 2 is 1.86 bits per heavy atom. The van der Waals surface area contributed by atoms with Gasteiger partial charge in [-0.3, -0.25) is 0 Å². The van der Waals surface area contributed by atoms with Crippen molar-refractivity contribution in [2.24, 2.45) is 0 Å². The van der Waals surface area contributed by atoms with Crippen LogP contribution in [0.3, 0.4) is 0 Å². The highest BCUT2D eigenvalue weighted by molar-refractivity contribution is 7.98. The zero-order chi connectivity index (χ0) is 25.9. The molecule has 0 unspecified atom stereocenters. The number of aromatic nitrogens is 1. The molecule has 0 saturated heterocycles. The Labute approximate surface area is 218 Å². The maximum Gasteiger partial charge on any atom is 0.416 e. The van der Waals surface area contributed by atoms with Crippen molar-refractivity contribution in [1.82, 2.24) is 4.98 Å². The lowest BCUT2D eigenvalue weighted by atomic mass is 10.1. The zero-order valence-electron chi connectivity index (χ0n) is 19.4. The van der Waals surface area contributed by atoms with E-state index in [9.17, 15) is 18.0 Å². The summed E-state index contributed by atoms with van der Waals surface area (Å²) in [5.74, 6) is 0.139. The molecule has 188 valence electrons. The molecule has 0 saturated carbocycles. The van der Waals surface area contributed by atoms with E-state index in [1.165, 1.54) is 33.9 Å². The first-order valence-corrected chi connectivity index (χ1v) is 13.5. The van der Waals surface area contributed by atoms with Gasteiger partial charge in [-0.25, -0.2) is 9.78 Å². The first kappa shape index (κ1) is 26.2. The second kappa shape index (κ2) is 11.1. The number of benzene rings is 2. The van der Waals surface area contributed by atoms with Crippen LogP contribution in [-0.2, 0) is 23.1 Å². The van der Waals surface area contributed by atoms with Gasteiger partial charge in [-0.05, 0) is 66.8 Å². The predicted octanol–water partition coefficient (Wildman–Crippen LogP) is 7.85. The van der Waals surface area contributed by atoms with Gasteiger partial charge in [0, 0.05) is 32.4 Å². The van der Waals surface area contributed by atoms with Crippen LogP contribution in [0.15, 0.2) is 58.8 Å². The first-order chi connectivity index (χ1) is 17.1. The van der Waals surface area contributed by atoms with Crippen LogP contribution >= 0.6 is 34.4 Å². The minimum atomic E-state index is -4.38. The monoisotopic (exact) mass is 549 g/mol. The van der Waals surface area contributed by atoms with Crippen LogP contribution in [0.5, 0.6) is 5.75 Å². The Balaban J connectivity index is 1.56. The van der Waals surface area contributed by atoms with Gasteiger partial charge in [0.15, 0.2) is 6.61 Å². The molecule has 2 aromatic carbocycles. The molecule has 0 bridgehead atoms. The molecule has 0 atom stereocenters. The second-order valence-electron chi connectivity index (χ2n) is 8.13. The van der Waals surface area contributed by atoms with Crippen molar-refractivity contribution in [1.29, 1.82) is 0 Å². The first-order valence-electron chi connectivity index (χ1n) is 10.9. The predicted molar refractivity (Wildman–Crippen MR) is 138 cm³/mol. The van der Waals surface area contributed by atoms with Gasteiger partial charge in [-0.2, -0.15) is 13.2 Å². The fourth-order valence-corrected chi connectivity index (χ4v) is 6.53. The molecule has 10 heteroatoms. The van der Waals surface area contributed by atoms with Crippen molar-refractivity contribution in [2.45, 2.75) is 37.1 Å². The van der Waals surface area contributed by atoms with E-state index < -0.39 is 24.3 Å². The number of carbonyl (C=O) groups is 1. The maximum absolute atomic E-state index is 13.0. The van der Waals surface area contributed by atoms with Crippen molar-refractivity contribution in [2.75, 3.05) is 6.61 Å². The molecule has 0 fully saturated rings. The van der Waals surface area contributed by atoms with E-state index in [-0.39, 0.29) is 0 Å². The number of hydrogen-bond acceptors (Lipinski definition) is 6. The highest BCUT2D eigenvalue weighted by Crippen LogP contribution is 2.37. The smallest absolute Gasteiger partial charge is 0.416 e. The molecule has 0 amide bonds. The molecular formula is C26H22F3NO3S3. The molecule has 0 aliphatic carbocycles. The number of ether oxygens (including phenoxy) is 1. The van der Waals surface area contributed by atoms with E-state index in [1.807, 2.05) is 26.0 Å². The lowest BCUT2D eigenvalue weighted by molar-refractivity contribution is -0.139. The Bertz CT molecular complexity index is 1360. The summed E-state index contributed by atoms with van der Waals surface area (Å²) >= 11 is 4.77. The average Bonchev–Trinajstić information content (AvgIpc) is 3.42. The van der Waals surface area contributed by atoms with E-state index in [0.717, 1.165) is 33.2 Å². The number of halogens is 3. The largest absolute Gasteiger partial charge is 0.482 e. The van der Waals surface area contributed by atoms with Gasteiger partial charge in [-0.1, -0.05) is 12.1 Å². The van der Waals surface area contributed by atoms with Crippen LogP contribution in [0, 0.1) is 13.8 Å². The number of thiophene rings is 1. The third-order valence-electron chi connectivity index (χ3n) is 5.23. The van der Waals surface area contributed by atoms with Gasteiger partial charge in [-0.15, -0.1) is 34.4 Å². The third kappa shape index (κ3) is 6.68. The number of carboxylic acids is 1. The van der Waals surface area contributed by atoms with E-state index in [1.54, 1.807) is 29.2 Å². The van der Waals surface area contributed by atoms with Crippen LogP contribution in [-0.4, -0.2) is 22.7 Å². The van der Waals surface area contributed by atoms with Crippen LogP contribution in [0.1, 0.15) is 32.1 Å². The van der Waals surface area contributed by atoms with E-state index in [2.05, 4.69) is 11.4 Å². The molecule has 0 aliphatic heterocycles. The Morgan fingerprint density at radius 1 is 1.11 bits per heavy atom. The highest BCUT2D eigenvalue weighted by atomic mass is 32.2. The second-order valence-corrected chi connectivity index (χ2v) is 11.3. The molecule has 0 radical (unpaired) electrons. The normalized spacial score (nSPS) is 11.6. The van der Waals surface area contributed by atoms with E-state index in [0.29, 0.717) is 28.5 Å². The number of carboxylic acid groups (broad SMARTS) is 1. The van der Waals surface area contributed by atoms with Crippen LogP contribution in [0.4, 0.5) is 13.2 Å². The van der Waals surface area contributed by atoms with Gasteiger partial charge in [0.25, 0.3) is 0 Å². The van der Waals surface area contributed by atoms with Gasteiger partial charge in [0.2, 0.25) is 0 Å². The van der Waals surface area contributed by atoms with Crippen molar-refractivity contribution in [3.05, 3.63) is 86.0 Å². The molecule has 4 aromatic rings. The van der Waals surface area contributed by atoms with Crippen LogP contribution in [0.2, 0.25) is 0 Å². The van der Waals surface area contributed by atoms with Gasteiger partial charge in [0.05, 0.1) is 11.3 Å². The Kier molecular flexibility index (Phi) is 8.07. The quantitative estimate of drug-likeness (QED) is 0.216. The Hall–Kier alpha value is -2.82. The van der Waals surface area contributed by atoms with Gasteiger partial charge in [0.1, 0.15) is 10.8 Å². The fourth-order valence-electron chi connectivity index (χ4n) is 3.47. The number of aliphatic carboxylic acids is 1. The van der Waals surface area contributed by atoms with Gasteiger partial charge >= 0.3 is 12.1 Å². The molecule has 2 heterocycles. The minimum absolute atomic E-state index is 0.396. The number of hydrogen-bond donors (Lipinski definition) is 1. The molecule has 1 N–H and O–H groups in total. The summed E-state index contributed by atoms with van der Waals surface area (Å²) in [7, 11) is 0. The summed E-state index contributed by atoms with van der Waals surface area (Å²) in [6, 6.07) is 12.8. The number of thiazole rings is 1. The van der Waals surface area contributed by atoms with Crippen molar-refractivity contribution in [3.8, 4) is 16.3 Å². The lowest BCUT2D eigenvalue weighted by Gasteiger charge is -2.09. The topological polar surface area (TPSA) is 59.4 Å². The van der Waals surface area contributed by atoms with Crippen molar-refractivity contribution < 1.29 is 27.8 Å². The molecule has 2 aromatic heterocycles. The summed E-state index contributed by atoms with van der Waals surface area (Å²) in [6.45, 7) is 3.51. The van der Waals surface area contributed by atoms with E-state index >= 15 is 0 Å². The SMILES string of the molecule is Cc1csc(Cc2nc(-c3ccc(C(F)(F)F)cc3)sc2CSc2ccc(OCC(=O)O)c(C)c2)c1. The number of alkyl halides is 3. The summed E-state index contributed by atoms with van der Waals surface area (Å²) in [5.41, 5.74) is 2.92. The van der Waals surface area contributed by atoms with Gasteiger partial charge < -0.3 is 9.84 Å². The van der Waals surface area contributed by atoms with Crippen LogP contribution in [0.25, 0.3) is 10.6 Å². The average molecular weight is 550 g/mol. The molecule has 0 spiro atoms. The number of rotatable bonds is 9. The zero-order valence-corrected chi connectivity index (χ0v) is 21.8. The molecule has 4 rings (SSSR count). The maximum atomic E-state index is 13.0. The van der Waals surface area contributed by atoms with Crippen molar-refractivity contribution >= 4 is 40.4 Å². The van der Waals surface area contributed by atoms with E-state index in [4.69, 9.17) is 14.8 Å². The number of aryl methyl sites for hydroxylation is 2. The summed E-state index contributed by atoms with van der Waals surface area (Å²) in [6.07, 6.45) is -3.72. The number of nitrogens with zero attached hydrogens (tertiary/aromatic N) is 1. The summed E-state index contributed by atoms with van der Waals surface area (Å²) in [4.78, 5) is 18.8.